The Hall–Kier alpha value is -1.13. The first-order valence-corrected chi connectivity index (χ1v) is 5.16. The molecule has 0 fully saturated rings. The summed E-state index contributed by atoms with van der Waals surface area (Å²) in [4.78, 5) is 4.13. The van der Waals surface area contributed by atoms with E-state index < -0.39 is 0 Å². The first-order chi connectivity index (χ1) is 7.29. The van der Waals surface area contributed by atoms with Crippen LogP contribution in [0.1, 0.15) is 6.42 Å². The summed E-state index contributed by atoms with van der Waals surface area (Å²) in [5.41, 5.74) is 0.694. The lowest BCUT2D eigenvalue weighted by atomic mass is 10.4. The van der Waals surface area contributed by atoms with Gasteiger partial charge in [-0.3, -0.25) is 4.68 Å². The molecule has 0 aliphatic carbocycles. The third kappa shape index (κ3) is 2.46. The van der Waals surface area contributed by atoms with Crippen molar-refractivity contribution in [3.8, 4) is 0 Å². The maximum absolute atomic E-state index is 5.77. The van der Waals surface area contributed by atoms with Gasteiger partial charge in [-0.15, -0.1) is 0 Å². The van der Waals surface area contributed by atoms with Crippen molar-refractivity contribution >= 4 is 22.6 Å². The van der Waals surface area contributed by atoms with Gasteiger partial charge in [-0.25, -0.2) is 4.98 Å². The molecule has 0 radical (unpaired) electrons. The average molecular weight is 226 g/mol. The zero-order chi connectivity index (χ0) is 10.7. The summed E-state index contributed by atoms with van der Waals surface area (Å²) in [7, 11) is 1.70. The number of aromatic nitrogens is 3. The van der Waals surface area contributed by atoms with E-state index in [9.17, 15) is 0 Å². The van der Waals surface area contributed by atoms with Gasteiger partial charge in [-0.05, 0) is 18.6 Å². The minimum atomic E-state index is 0.477. The highest BCUT2D eigenvalue weighted by Gasteiger charge is 2.02. The summed E-state index contributed by atoms with van der Waals surface area (Å²) >= 11 is 5.77. The van der Waals surface area contributed by atoms with E-state index >= 15 is 0 Å². The number of halogens is 1. The fourth-order valence-corrected chi connectivity index (χ4v) is 1.56. The van der Waals surface area contributed by atoms with Crippen molar-refractivity contribution in [3.63, 3.8) is 0 Å². The van der Waals surface area contributed by atoms with Crippen LogP contribution in [0.4, 0.5) is 0 Å². The molecular formula is C10H12ClN3O. The Balaban J connectivity index is 2.16. The van der Waals surface area contributed by atoms with Gasteiger partial charge in [0.15, 0.2) is 5.65 Å². The van der Waals surface area contributed by atoms with Gasteiger partial charge in [0.05, 0.1) is 0 Å². The summed E-state index contributed by atoms with van der Waals surface area (Å²) in [6.45, 7) is 1.58. The maximum atomic E-state index is 5.77. The van der Waals surface area contributed by atoms with E-state index in [2.05, 4.69) is 10.1 Å². The lowest BCUT2D eigenvalue weighted by Gasteiger charge is -1.98. The molecule has 0 aliphatic heterocycles. The van der Waals surface area contributed by atoms with Gasteiger partial charge in [-0.1, -0.05) is 11.6 Å². The van der Waals surface area contributed by atoms with E-state index in [-0.39, 0.29) is 0 Å². The fraction of sp³-hybridized carbons (Fsp3) is 0.400. The topological polar surface area (TPSA) is 39.9 Å². The number of rotatable bonds is 4. The van der Waals surface area contributed by atoms with Crippen LogP contribution in [0, 0.1) is 0 Å². The van der Waals surface area contributed by atoms with E-state index in [1.165, 1.54) is 0 Å². The van der Waals surface area contributed by atoms with Gasteiger partial charge in [0, 0.05) is 31.8 Å². The van der Waals surface area contributed by atoms with E-state index in [1.54, 1.807) is 13.2 Å². The number of aryl methyl sites for hydroxylation is 1. The smallest absolute Gasteiger partial charge is 0.182 e. The zero-order valence-corrected chi connectivity index (χ0v) is 9.24. The van der Waals surface area contributed by atoms with E-state index in [1.807, 2.05) is 16.9 Å². The zero-order valence-electron chi connectivity index (χ0n) is 8.48. The molecule has 0 N–H and O–H groups in total. The lowest BCUT2D eigenvalue weighted by Crippen LogP contribution is -2.01. The number of hydrogen-bond donors (Lipinski definition) is 0. The number of fused-ring (bicyclic) bond motifs is 1. The Morgan fingerprint density at radius 2 is 2.33 bits per heavy atom. The number of methoxy groups -OCH3 is 1. The highest BCUT2D eigenvalue weighted by Crippen LogP contribution is 2.13. The molecular weight excluding hydrogens is 214 g/mol. The summed E-state index contributed by atoms with van der Waals surface area (Å²) in [5.74, 6) is 0. The normalized spacial score (nSPS) is 11.1. The molecule has 0 bridgehead atoms. The second-order valence-electron chi connectivity index (χ2n) is 3.29. The fourth-order valence-electron chi connectivity index (χ4n) is 1.41. The average Bonchev–Trinajstić information content (AvgIpc) is 2.60. The van der Waals surface area contributed by atoms with Crippen molar-refractivity contribution in [2.75, 3.05) is 13.7 Å². The Kier molecular flexibility index (Phi) is 3.18. The summed E-state index contributed by atoms with van der Waals surface area (Å²) in [6.07, 6.45) is 2.91. The molecule has 0 amide bonds. The maximum Gasteiger partial charge on any atom is 0.182 e. The van der Waals surface area contributed by atoms with Gasteiger partial charge in [-0.2, -0.15) is 5.10 Å². The molecule has 80 valence electrons. The number of pyridine rings is 1. The quantitative estimate of drug-likeness (QED) is 0.591. The lowest BCUT2D eigenvalue weighted by molar-refractivity contribution is 0.189. The summed E-state index contributed by atoms with van der Waals surface area (Å²) in [5, 5.41) is 5.80. The van der Waals surface area contributed by atoms with Crippen LogP contribution in [0.15, 0.2) is 18.3 Å². The number of hydrogen-bond acceptors (Lipinski definition) is 3. The van der Waals surface area contributed by atoms with Gasteiger partial charge < -0.3 is 4.74 Å². The van der Waals surface area contributed by atoms with Gasteiger partial charge >= 0.3 is 0 Å². The number of ether oxygens (including phenoxy) is 1. The van der Waals surface area contributed by atoms with E-state index in [0.29, 0.717) is 10.8 Å². The van der Waals surface area contributed by atoms with Crippen LogP contribution in [-0.2, 0) is 11.3 Å². The minimum Gasteiger partial charge on any atom is -0.385 e. The highest BCUT2D eigenvalue weighted by molar-refractivity contribution is 6.29. The third-order valence-electron chi connectivity index (χ3n) is 2.12. The first kappa shape index (κ1) is 10.4. The third-order valence-corrected chi connectivity index (χ3v) is 2.33. The predicted molar refractivity (Wildman–Crippen MR) is 59.0 cm³/mol. The molecule has 0 saturated carbocycles. The van der Waals surface area contributed by atoms with Crippen LogP contribution < -0.4 is 0 Å². The van der Waals surface area contributed by atoms with E-state index in [0.717, 1.165) is 25.0 Å². The van der Waals surface area contributed by atoms with E-state index in [4.69, 9.17) is 16.3 Å². The predicted octanol–water partition coefficient (Wildman–Crippen LogP) is 2.12. The minimum absolute atomic E-state index is 0.477. The van der Waals surface area contributed by atoms with Crippen LogP contribution in [0.2, 0.25) is 5.15 Å². The Morgan fingerprint density at radius 3 is 3.13 bits per heavy atom. The number of nitrogens with zero attached hydrogens (tertiary/aromatic N) is 3. The molecule has 4 nitrogen and oxygen atoms in total. The van der Waals surface area contributed by atoms with Crippen LogP contribution in [0.25, 0.3) is 11.0 Å². The van der Waals surface area contributed by atoms with Crippen molar-refractivity contribution in [2.45, 2.75) is 13.0 Å². The van der Waals surface area contributed by atoms with Crippen LogP contribution >= 0.6 is 11.6 Å². The molecule has 15 heavy (non-hydrogen) atoms. The van der Waals surface area contributed by atoms with Crippen LogP contribution in [-0.4, -0.2) is 28.5 Å². The Bertz CT molecular complexity index is 455. The second-order valence-corrected chi connectivity index (χ2v) is 3.67. The molecule has 2 heterocycles. The Labute approximate surface area is 92.8 Å². The summed E-state index contributed by atoms with van der Waals surface area (Å²) < 4.78 is 6.85. The molecule has 2 rings (SSSR count). The van der Waals surface area contributed by atoms with Crippen LogP contribution in [0.3, 0.4) is 0 Å². The standard InChI is InChI=1S/C10H12ClN3O/c1-15-6-2-5-14-7-8-3-4-9(11)12-10(8)13-14/h3-4,7H,2,5-6H2,1H3. The van der Waals surface area contributed by atoms with Crippen molar-refractivity contribution in [1.82, 2.24) is 14.8 Å². The molecule has 2 aromatic heterocycles. The highest BCUT2D eigenvalue weighted by atomic mass is 35.5. The van der Waals surface area contributed by atoms with Gasteiger partial charge in [0.25, 0.3) is 0 Å². The summed E-state index contributed by atoms with van der Waals surface area (Å²) in [6, 6.07) is 3.69. The largest absolute Gasteiger partial charge is 0.385 e. The molecule has 0 unspecified atom stereocenters. The molecule has 5 heteroatoms. The Morgan fingerprint density at radius 1 is 1.47 bits per heavy atom. The van der Waals surface area contributed by atoms with Gasteiger partial charge in [0.2, 0.25) is 0 Å². The first-order valence-electron chi connectivity index (χ1n) is 4.78. The molecule has 0 aliphatic rings. The molecule has 0 saturated heterocycles. The molecule has 0 aromatic carbocycles. The van der Waals surface area contributed by atoms with Gasteiger partial charge in [0.1, 0.15) is 5.15 Å². The second kappa shape index (κ2) is 4.59. The van der Waals surface area contributed by atoms with Crippen LogP contribution in [0.5, 0.6) is 0 Å². The van der Waals surface area contributed by atoms with Crippen molar-refractivity contribution in [2.24, 2.45) is 0 Å². The molecule has 2 aromatic rings. The molecule has 0 spiro atoms. The van der Waals surface area contributed by atoms with Crippen molar-refractivity contribution in [3.05, 3.63) is 23.5 Å². The molecule has 0 atom stereocenters. The monoisotopic (exact) mass is 225 g/mol. The van der Waals surface area contributed by atoms with Crippen molar-refractivity contribution in [1.29, 1.82) is 0 Å². The SMILES string of the molecule is COCCCn1cc2ccc(Cl)nc2n1. The van der Waals surface area contributed by atoms with Crippen molar-refractivity contribution < 1.29 is 4.74 Å².